The summed E-state index contributed by atoms with van der Waals surface area (Å²) >= 11 is 0. The van der Waals surface area contributed by atoms with Crippen LogP contribution in [0.4, 0.5) is 5.69 Å². The zero-order valence-corrected chi connectivity index (χ0v) is 13.0. The third kappa shape index (κ3) is 5.21. The van der Waals surface area contributed by atoms with E-state index in [0.29, 0.717) is 18.7 Å². The molecule has 2 rings (SSSR count). The number of nitrogens with one attached hydrogen (secondary N) is 2. The normalized spacial score (nSPS) is 10.7. The maximum absolute atomic E-state index is 12.1. The summed E-state index contributed by atoms with van der Waals surface area (Å²) in [6.07, 6.45) is 5.81. The van der Waals surface area contributed by atoms with Gasteiger partial charge < -0.3 is 20.0 Å². The minimum absolute atomic E-state index is 0.104. The van der Waals surface area contributed by atoms with Gasteiger partial charge in [-0.15, -0.1) is 0 Å². The first kappa shape index (κ1) is 16.0. The van der Waals surface area contributed by atoms with Gasteiger partial charge in [-0.3, -0.25) is 9.78 Å². The van der Waals surface area contributed by atoms with Crippen molar-refractivity contribution in [1.82, 2.24) is 15.2 Å². The van der Waals surface area contributed by atoms with E-state index in [0.717, 1.165) is 24.4 Å². The van der Waals surface area contributed by atoms with E-state index in [-0.39, 0.29) is 5.91 Å². The molecule has 0 saturated carbocycles. The van der Waals surface area contributed by atoms with E-state index in [1.165, 1.54) is 0 Å². The van der Waals surface area contributed by atoms with E-state index in [1.807, 2.05) is 26.2 Å². The molecule has 0 aliphatic heterocycles. The van der Waals surface area contributed by atoms with Gasteiger partial charge in [-0.1, -0.05) is 0 Å². The van der Waals surface area contributed by atoms with Crippen LogP contribution in [-0.4, -0.2) is 43.0 Å². The van der Waals surface area contributed by atoms with Gasteiger partial charge in [0.05, 0.1) is 24.1 Å². The minimum atomic E-state index is -0.104. The molecule has 2 heterocycles. The highest BCUT2D eigenvalue weighted by Gasteiger charge is 2.06. The third-order valence-corrected chi connectivity index (χ3v) is 3.11. The fourth-order valence-electron chi connectivity index (χ4n) is 1.96. The first-order chi connectivity index (χ1) is 10.6. The van der Waals surface area contributed by atoms with Gasteiger partial charge in [-0.2, -0.15) is 0 Å². The Morgan fingerprint density at radius 3 is 2.95 bits per heavy atom. The Bertz CT molecular complexity index is 582. The monoisotopic (exact) mass is 302 g/mol. The highest BCUT2D eigenvalue weighted by atomic mass is 16.3. The first-order valence-corrected chi connectivity index (χ1v) is 7.29. The minimum Gasteiger partial charge on any atom is -0.467 e. The molecule has 0 aromatic carbocycles. The number of hydrogen-bond acceptors (Lipinski definition) is 5. The molecule has 0 bridgehead atoms. The van der Waals surface area contributed by atoms with Gasteiger partial charge in [0.15, 0.2) is 0 Å². The van der Waals surface area contributed by atoms with E-state index < -0.39 is 0 Å². The van der Waals surface area contributed by atoms with E-state index in [1.54, 1.807) is 24.7 Å². The predicted molar refractivity (Wildman–Crippen MR) is 85.8 cm³/mol. The second-order valence-electron chi connectivity index (χ2n) is 5.31. The molecule has 2 aromatic heterocycles. The van der Waals surface area contributed by atoms with Crippen molar-refractivity contribution in [3.63, 3.8) is 0 Å². The van der Waals surface area contributed by atoms with Crippen molar-refractivity contribution in [2.75, 3.05) is 32.5 Å². The molecule has 0 fully saturated rings. The summed E-state index contributed by atoms with van der Waals surface area (Å²) in [6.45, 7) is 2.16. The highest BCUT2D eigenvalue weighted by molar-refractivity contribution is 5.94. The van der Waals surface area contributed by atoms with Crippen molar-refractivity contribution in [3.8, 4) is 0 Å². The predicted octanol–water partition coefficient (Wildman–Crippen LogP) is 1.97. The molecule has 0 spiro atoms. The van der Waals surface area contributed by atoms with E-state index >= 15 is 0 Å². The molecule has 0 unspecified atom stereocenters. The molecule has 118 valence electrons. The molecule has 1 amide bonds. The number of carbonyl (C=O) groups is 1. The summed E-state index contributed by atoms with van der Waals surface area (Å²) in [5.41, 5.74) is 1.34. The Morgan fingerprint density at radius 1 is 1.36 bits per heavy atom. The number of carbonyl (C=O) groups excluding carboxylic acids is 1. The van der Waals surface area contributed by atoms with Crippen LogP contribution in [0.5, 0.6) is 0 Å². The van der Waals surface area contributed by atoms with Gasteiger partial charge in [0, 0.05) is 18.9 Å². The molecule has 0 atom stereocenters. The van der Waals surface area contributed by atoms with Gasteiger partial charge in [0.25, 0.3) is 5.91 Å². The fourth-order valence-corrected chi connectivity index (χ4v) is 1.96. The van der Waals surface area contributed by atoms with Crippen LogP contribution in [0, 0.1) is 0 Å². The van der Waals surface area contributed by atoms with Crippen molar-refractivity contribution >= 4 is 11.6 Å². The number of nitrogens with zero attached hydrogens (tertiary/aromatic N) is 2. The second kappa shape index (κ2) is 8.19. The van der Waals surface area contributed by atoms with Crippen molar-refractivity contribution < 1.29 is 9.21 Å². The Hall–Kier alpha value is -2.34. The quantitative estimate of drug-likeness (QED) is 0.730. The summed E-state index contributed by atoms with van der Waals surface area (Å²) < 4.78 is 5.25. The van der Waals surface area contributed by atoms with Crippen molar-refractivity contribution in [2.45, 2.75) is 13.0 Å². The number of hydrogen-bond donors (Lipinski definition) is 2. The van der Waals surface area contributed by atoms with E-state index in [2.05, 4.69) is 20.5 Å². The number of amides is 1. The molecule has 2 aromatic rings. The second-order valence-corrected chi connectivity index (χ2v) is 5.31. The van der Waals surface area contributed by atoms with Crippen molar-refractivity contribution in [2.24, 2.45) is 0 Å². The van der Waals surface area contributed by atoms with E-state index in [4.69, 9.17) is 4.42 Å². The van der Waals surface area contributed by atoms with Crippen molar-refractivity contribution in [3.05, 3.63) is 48.2 Å². The lowest BCUT2D eigenvalue weighted by Crippen LogP contribution is -2.27. The topological polar surface area (TPSA) is 70.4 Å². The molecular weight excluding hydrogens is 280 g/mol. The average molecular weight is 302 g/mol. The lowest BCUT2D eigenvalue weighted by atomic mass is 10.2. The van der Waals surface area contributed by atoms with Crippen molar-refractivity contribution in [1.29, 1.82) is 0 Å². The van der Waals surface area contributed by atoms with Crippen LogP contribution >= 0.6 is 0 Å². The summed E-state index contributed by atoms with van der Waals surface area (Å²) in [6, 6.07) is 5.52. The molecular formula is C16H22N4O2. The Kier molecular flexibility index (Phi) is 5.97. The lowest BCUT2D eigenvalue weighted by molar-refractivity contribution is 0.0952. The SMILES string of the molecule is CN(C)CCCNC(=O)c1cncc(NCc2ccco2)c1. The van der Waals surface area contributed by atoms with Crippen LogP contribution in [-0.2, 0) is 6.54 Å². The summed E-state index contributed by atoms with van der Waals surface area (Å²) in [5.74, 6) is 0.728. The van der Waals surface area contributed by atoms with Crippen LogP contribution in [0.15, 0.2) is 41.3 Å². The van der Waals surface area contributed by atoms with Crippen LogP contribution in [0.2, 0.25) is 0 Å². The standard InChI is InChI=1S/C16H22N4O2/c1-20(2)7-4-6-18-16(21)13-9-14(11-17-10-13)19-12-15-5-3-8-22-15/h3,5,8-11,19H,4,6-7,12H2,1-2H3,(H,18,21). The Labute approximate surface area is 130 Å². The average Bonchev–Trinajstić information content (AvgIpc) is 3.03. The van der Waals surface area contributed by atoms with Crippen LogP contribution in [0.1, 0.15) is 22.5 Å². The molecule has 0 saturated heterocycles. The first-order valence-electron chi connectivity index (χ1n) is 7.29. The maximum atomic E-state index is 12.1. The number of furan rings is 1. The molecule has 0 radical (unpaired) electrons. The maximum Gasteiger partial charge on any atom is 0.252 e. The molecule has 6 nitrogen and oxygen atoms in total. The number of rotatable bonds is 8. The third-order valence-electron chi connectivity index (χ3n) is 3.11. The lowest BCUT2D eigenvalue weighted by Gasteiger charge is -2.10. The summed E-state index contributed by atoms with van der Waals surface area (Å²) in [7, 11) is 4.03. The van der Waals surface area contributed by atoms with Gasteiger partial charge in [0.2, 0.25) is 0 Å². The van der Waals surface area contributed by atoms with Gasteiger partial charge in [-0.05, 0) is 45.3 Å². The summed E-state index contributed by atoms with van der Waals surface area (Å²) in [5, 5.41) is 6.08. The smallest absolute Gasteiger partial charge is 0.252 e. The molecule has 0 aliphatic rings. The number of anilines is 1. The Morgan fingerprint density at radius 2 is 2.23 bits per heavy atom. The highest BCUT2D eigenvalue weighted by Crippen LogP contribution is 2.10. The van der Waals surface area contributed by atoms with E-state index in [9.17, 15) is 4.79 Å². The van der Waals surface area contributed by atoms with Crippen LogP contribution in [0.25, 0.3) is 0 Å². The fraction of sp³-hybridized carbons (Fsp3) is 0.375. The molecule has 22 heavy (non-hydrogen) atoms. The van der Waals surface area contributed by atoms with Crippen LogP contribution < -0.4 is 10.6 Å². The summed E-state index contributed by atoms with van der Waals surface area (Å²) in [4.78, 5) is 18.3. The Balaban J connectivity index is 1.83. The van der Waals surface area contributed by atoms with Gasteiger partial charge >= 0.3 is 0 Å². The molecule has 0 aliphatic carbocycles. The molecule has 2 N–H and O–H groups in total. The largest absolute Gasteiger partial charge is 0.467 e. The zero-order chi connectivity index (χ0) is 15.8. The molecule has 6 heteroatoms. The number of aromatic nitrogens is 1. The zero-order valence-electron chi connectivity index (χ0n) is 13.0. The van der Waals surface area contributed by atoms with Gasteiger partial charge in [-0.25, -0.2) is 0 Å². The number of pyridine rings is 1. The van der Waals surface area contributed by atoms with Gasteiger partial charge in [0.1, 0.15) is 5.76 Å². The van der Waals surface area contributed by atoms with Crippen LogP contribution in [0.3, 0.4) is 0 Å².